The number of amides is 1. The Morgan fingerprint density at radius 3 is 2.69 bits per heavy atom. The molecule has 1 atom stereocenters. The van der Waals surface area contributed by atoms with Crippen LogP contribution in [0.3, 0.4) is 0 Å². The number of halogens is 1. The fraction of sp³-hybridized carbons (Fsp3) is 0.588. The van der Waals surface area contributed by atoms with Crippen molar-refractivity contribution in [3.05, 3.63) is 24.3 Å². The molecule has 9 heteroatoms. The summed E-state index contributed by atoms with van der Waals surface area (Å²) in [7, 11) is 0. The van der Waals surface area contributed by atoms with E-state index in [9.17, 15) is 14.3 Å². The van der Waals surface area contributed by atoms with Crippen molar-refractivity contribution in [3.8, 4) is 5.75 Å². The van der Waals surface area contributed by atoms with Crippen molar-refractivity contribution in [2.24, 2.45) is 0 Å². The minimum atomic E-state index is -0.627. The Morgan fingerprint density at radius 2 is 2.15 bits per heavy atom. The van der Waals surface area contributed by atoms with Crippen molar-refractivity contribution < 1.29 is 23.8 Å². The number of aliphatic hydroxyl groups excluding tert-OH is 1. The summed E-state index contributed by atoms with van der Waals surface area (Å²) in [5.41, 5.74) is -0.382. The number of alkyl carbamates (subject to hydrolysis) is 1. The second-order valence-electron chi connectivity index (χ2n) is 7.02. The van der Waals surface area contributed by atoms with Crippen LogP contribution in [0.2, 0.25) is 0 Å². The Labute approximate surface area is 152 Å². The standard InChI is InChI=1S/C17H25FN4O4/c1-17(2,3)26-16(24)21-7-12(6-18)11-25-14-8-19-15(20-9-14)22-5-4-13(23)10-22/h6,8-9,13,23H,4-5,7,10-11H2,1-3H3,(H,21,24)/t13-/m0/s1. The summed E-state index contributed by atoms with van der Waals surface area (Å²) in [4.78, 5) is 21.8. The number of anilines is 1. The van der Waals surface area contributed by atoms with Crippen LogP contribution in [-0.4, -0.2) is 59.1 Å². The van der Waals surface area contributed by atoms with Crippen molar-refractivity contribution in [1.82, 2.24) is 15.3 Å². The predicted octanol–water partition coefficient (Wildman–Crippen LogP) is 1.80. The van der Waals surface area contributed by atoms with Crippen LogP contribution >= 0.6 is 0 Å². The van der Waals surface area contributed by atoms with Gasteiger partial charge < -0.3 is 24.8 Å². The summed E-state index contributed by atoms with van der Waals surface area (Å²) < 4.78 is 23.5. The van der Waals surface area contributed by atoms with E-state index in [1.807, 2.05) is 4.90 Å². The molecule has 26 heavy (non-hydrogen) atoms. The SMILES string of the molecule is CC(C)(C)OC(=O)NCC(=CF)COc1cnc(N2CC[C@H](O)C2)nc1. The topological polar surface area (TPSA) is 96.8 Å². The lowest BCUT2D eigenvalue weighted by atomic mass is 10.2. The zero-order valence-electron chi connectivity index (χ0n) is 15.2. The van der Waals surface area contributed by atoms with Crippen LogP contribution in [0.25, 0.3) is 0 Å². The molecular formula is C17H25FN4O4. The van der Waals surface area contributed by atoms with Gasteiger partial charge in [0.15, 0.2) is 5.75 Å². The number of hydrogen-bond donors (Lipinski definition) is 2. The maximum Gasteiger partial charge on any atom is 0.407 e. The minimum absolute atomic E-state index is 0.0317. The Hall–Kier alpha value is -2.42. The Kier molecular flexibility index (Phi) is 6.73. The number of aromatic nitrogens is 2. The van der Waals surface area contributed by atoms with Crippen LogP contribution in [0.15, 0.2) is 24.3 Å². The highest BCUT2D eigenvalue weighted by Crippen LogP contribution is 2.17. The van der Waals surface area contributed by atoms with E-state index in [2.05, 4.69) is 15.3 Å². The monoisotopic (exact) mass is 368 g/mol. The molecule has 1 aromatic heterocycles. The van der Waals surface area contributed by atoms with Gasteiger partial charge in [-0.25, -0.2) is 19.2 Å². The van der Waals surface area contributed by atoms with Gasteiger partial charge in [-0.05, 0) is 27.2 Å². The van der Waals surface area contributed by atoms with Gasteiger partial charge in [-0.2, -0.15) is 0 Å². The molecule has 8 nitrogen and oxygen atoms in total. The van der Waals surface area contributed by atoms with E-state index >= 15 is 0 Å². The molecule has 0 aromatic carbocycles. The fourth-order valence-corrected chi connectivity index (χ4v) is 2.27. The van der Waals surface area contributed by atoms with Crippen LogP contribution in [0.1, 0.15) is 27.2 Å². The molecular weight excluding hydrogens is 343 g/mol. The largest absolute Gasteiger partial charge is 0.486 e. The molecule has 1 saturated heterocycles. The van der Waals surface area contributed by atoms with Gasteiger partial charge in [0, 0.05) is 25.2 Å². The highest BCUT2D eigenvalue weighted by molar-refractivity contribution is 5.68. The van der Waals surface area contributed by atoms with Crippen molar-refractivity contribution in [3.63, 3.8) is 0 Å². The maximum atomic E-state index is 13.0. The number of β-amino-alcohol motifs (C(OH)–C–C–N with tert-alkyl or cyclic N) is 1. The van der Waals surface area contributed by atoms with Crippen LogP contribution < -0.4 is 15.0 Å². The smallest absolute Gasteiger partial charge is 0.407 e. The predicted molar refractivity (Wildman–Crippen MR) is 93.8 cm³/mol. The number of nitrogens with zero attached hydrogens (tertiary/aromatic N) is 3. The first kappa shape index (κ1) is 19.9. The number of nitrogens with one attached hydrogen (secondary N) is 1. The van der Waals surface area contributed by atoms with E-state index in [0.29, 0.717) is 37.5 Å². The third-order valence-electron chi connectivity index (χ3n) is 3.50. The summed E-state index contributed by atoms with van der Waals surface area (Å²) in [6.45, 7) is 6.35. The normalized spacial score (nSPS) is 18.0. The summed E-state index contributed by atoms with van der Waals surface area (Å²) in [6, 6.07) is 0. The molecule has 0 spiro atoms. The van der Waals surface area contributed by atoms with Crippen molar-refractivity contribution in [2.45, 2.75) is 38.9 Å². The average Bonchev–Trinajstić information content (AvgIpc) is 3.00. The Morgan fingerprint density at radius 1 is 1.46 bits per heavy atom. The lowest BCUT2D eigenvalue weighted by Crippen LogP contribution is -2.34. The summed E-state index contributed by atoms with van der Waals surface area (Å²) in [5.74, 6) is 0.895. The molecule has 1 amide bonds. The fourth-order valence-electron chi connectivity index (χ4n) is 2.27. The molecule has 0 unspecified atom stereocenters. The molecule has 1 aliphatic rings. The number of carbonyl (C=O) groups excluding carboxylic acids is 1. The van der Waals surface area contributed by atoms with Crippen LogP contribution in [-0.2, 0) is 4.74 Å². The van der Waals surface area contributed by atoms with Crippen LogP contribution in [0, 0.1) is 0 Å². The second-order valence-corrected chi connectivity index (χ2v) is 7.02. The first-order chi connectivity index (χ1) is 12.3. The number of carbonyl (C=O) groups is 1. The molecule has 2 rings (SSSR count). The molecule has 0 radical (unpaired) electrons. The summed E-state index contributed by atoms with van der Waals surface area (Å²) >= 11 is 0. The van der Waals surface area contributed by atoms with E-state index in [1.165, 1.54) is 12.4 Å². The van der Waals surface area contributed by atoms with E-state index < -0.39 is 11.7 Å². The molecule has 144 valence electrons. The van der Waals surface area contributed by atoms with Gasteiger partial charge in [-0.1, -0.05) is 0 Å². The molecule has 0 saturated carbocycles. The first-order valence-corrected chi connectivity index (χ1v) is 8.39. The van der Waals surface area contributed by atoms with Crippen molar-refractivity contribution in [2.75, 3.05) is 31.1 Å². The summed E-state index contributed by atoms with van der Waals surface area (Å²) in [6.07, 6.45) is 3.07. The Balaban J connectivity index is 1.78. The zero-order chi connectivity index (χ0) is 19.2. The van der Waals surface area contributed by atoms with Gasteiger partial charge >= 0.3 is 6.09 Å². The molecule has 2 heterocycles. The summed E-state index contributed by atoms with van der Waals surface area (Å²) in [5, 5.41) is 12.0. The second kappa shape index (κ2) is 8.79. The van der Waals surface area contributed by atoms with Gasteiger partial charge in [-0.15, -0.1) is 0 Å². The van der Waals surface area contributed by atoms with Crippen molar-refractivity contribution >= 4 is 12.0 Å². The van der Waals surface area contributed by atoms with Gasteiger partial charge in [0.2, 0.25) is 5.95 Å². The molecule has 1 aromatic rings. The lowest BCUT2D eigenvalue weighted by Gasteiger charge is -2.20. The molecule has 0 aliphatic carbocycles. The average molecular weight is 368 g/mol. The molecule has 1 aliphatic heterocycles. The van der Waals surface area contributed by atoms with Gasteiger partial charge in [0.05, 0.1) is 24.8 Å². The van der Waals surface area contributed by atoms with E-state index in [4.69, 9.17) is 9.47 Å². The minimum Gasteiger partial charge on any atom is -0.486 e. The lowest BCUT2D eigenvalue weighted by molar-refractivity contribution is 0.0531. The number of hydrogen-bond acceptors (Lipinski definition) is 7. The van der Waals surface area contributed by atoms with Gasteiger partial charge in [0.25, 0.3) is 0 Å². The van der Waals surface area contributed by atoms with Gasteiger partial charge in [-0.3, -0.25) is 0 Å². The highest BCUT2D eigenvalue weighted by Gasteiger charge is 2.22. The van der Waals surface area contributed by atoms with Crippen LogP contribution in [0.5, 0.6) is 5.75 Å². The maximum absolute atomic E-state index is 13.0. The highest BCUT2D eigenvalue weighted by atomic mass is 19.1. The third kappa shape index (κ3) is 6.47. The molecule has 0 bridgehead atoms. The first-order valence-electron chi connectivity index (χ1n) is 8.39. The van der Waals surface area contributed by atoms with E-state index in [1.54, 1.807) is 20.8 Å². The molecule has 2 N–H and O–H groups in total. The Bertz CT molecular complexity index is 631. The number of aliphatic hydroxyl groups is 1. The quantitative estimate of drug-likeness (QED) is 0.790. The zero-order valence-corrected chi connectivity index (χ0v) is 15.2. The van der Waals surface area contributed by atoms with Gasteiger partial charge in [0.1, 0.15) is 12.2 Å². The number of ether oxygens (including phenoxy) is 2. The van der Waals surface area contributed by atoms with E-state index in [0.717, 1.165) is 0 Å². The van der Waals surface area contributed by atoms with Crippen molar-refractivity contribution in [1.29, 1.82) is 0 Å². The van der Waals surface area contributed by atoms with E-state index in [-0.39, 0.29) is 24.8 Å². The third-order valence-corrected chi connectivity index (χ3v) is 3.50. The van der Waals surface area contributed by atoms with Crippen LogP contribution in [0.4, 0.5) is 15.1 Å². The number of rotatable bonds is 6. The molecule has 1 fully saturated rings.